The van der Waals surface area contributed by atoms with Gasteiger partial charge in [0, 0.05) is 6.54 Å². The van der Waals surface area contributed by atoms with Crippen LogP contribution in [-0.2, 0) is 9.59 Å². The van der Waals surface area contributed by atoms with Crippen LogP contribution in [0.25, 0.3) is 0 Å². The number of hydrogen-bond donors (Lipinski definition) is 4. The number of carbonyl (C=O) groups excluding carboxylic acids is 2. The smallest absolute Gasteiger partial charge is 0.404 e. The molecule has 1 unspecified atom stereocenters. The fourth-order valence-corrected chi connectivity index (χ4v) is 1.73. The maximum Gasteiger partial charge on any atom is 0.404 e. The molecular formula is C11H19N3O4. The van der Waals surface area contributed by atoms with Crippen LogP contribution in [0, 0.1) is 0 Å². The minimum absolute atomic E-state index is 0.189. The van der Waals surface area contributed by atoms with Crippen molar-refractivity contribution in [2.75, 3.05) is 6.54 Å². The first-order valence-electron chi connectivity index (χ1n) is 5.93. The maximum absolute atomic E-state index is 11.7. The minimum atomic E-state index is -1.06. The van der Waals surface area contributed by atoms with Gasteiger partial charge in [-0.15, -0.1) is 0 Å². The molecule has 1 saturated heterocycles. The third kappa shape index (κ3) is 3.90. The molecule has 0 aromatic carbocycles. The third-order valence-electron chi connectivity index (χ3n) is 2.82. The Kier molecular flexibility index (Phi) is 4.52. The van der Waals surface area contributed by atoms with E-state index < -0.39 is 17.7 Å². The minimum Gasteiger partial charge on any atom is -0.465 e. The molecule has 1 heterocycles. The van der Waals surface area contributed by atoms with Crippen LogP contribution in [0.15, 0.2) is 0 Å². The van der Waals surface area contributed by atoms with Crippen LogP contribution in [0.4, 0.5) is 4.79 Å². The summed E-state index contributed by atoms with van der Waals surface area (Å²) >= 11 is 0. The fraction of sp³-hybridized carbons (Fsp3) is 0.727. The molecule has 0 aromatic rings. The van der Waals surface area contributed by atoms with Gasteiger partial charge in [-0.1, -0.05) is 0 Å². The predicted molar refractivity (Wildman–Crippen MR) is 64.0 cm³/mol. The molecule has 7 heteroatoms. The number of rotatable bonds is 5. The second-order valence-corrected chi connectivity index (χ2v) is 4.87. The van der Waals surface area contributed by atoms with E-state index in [4.69, 9.17) is 5.11 Å². The predicted octanol–water partition coefficient (Wildman–Crippen LogP) is -0.182. The van der Waals surface area contributed by atoms with Gasteiger partial charge in [0.15, 0.2) is 0 Å². The molecule has 1 aliphatic heterocycles. The van der Waals surface area contributed by atoms with Crippen LogP contribution < -0.4 is 16.0 Å². The Balaban J connectivity index is 2.29. The number of amides is 3. The van der Waals surface area contributed by atoms with E-state index in [1.807, 2.05) is 0 Å². The Bertz CT molecular complexity index is 354. The zero-order chi connectivity index (χ0) is 13.8. The molecule has 3 amide bonds. The van der Waals surface area contributed by atoms with E-state index in [0.717, 1.165) is 0 Å². The number of nitrogens with one attached hydrogen (secondary N) is 3. The highest BCUT2D eigenvalue weighted by molar-refractivity contribution is 5.99. The molecule has 0 aromatic heterocycles. The lowest BCUT2D eigenvalue weighted by Crippen LogP contribution is -2.66. The normalized spacial score (nSPS) is 22.0. The Morgan fingerprint density at radius 2 is 2.06 bits per heavy atom. The number of piperazine rings is 1. The quantitative estimate of drug-likeness (QED) is 0.512. The van der Waals surface area contributed by atoms with Crippen LogP contribution in [0.1, 0.15) is 33.1 Å². The van der Waals surface area contributed by atoms with Gasteiger partial charge in [-0.2, -0.15) is 0 Å². The SMILES string of the molecule is CC1(C)NC(=O)C(CCCCNC(=O)O)NC1=O. The molecule has 0 saturated carbocycles. The first-order chi connectivity index (χ1) is 8.33. The monoisotopic (exact) mass is 257 g/mol. The van der Waals surface area contributed by atoms with Gasteiger partial charge in [0.05, 0.1) is 0 Å². The van der Waals surface area contributed by atoms with E-state index in [-0.39, 0.29) is 11.8 Å². The Labute approximate surface area is 105 Å². The number of carbonyl (C=O) groups is 3. The Hall–Kier alpha value is -1.79. The van der Waals surface area contributed by atoms with Crippen molar-refractivity contribution in [1.29, 1.82) is 0 Å². The van der Waals surface area contributed by atoms with Crippen molar-refractivity contribution in [2.45, 2.75) is 44.7 Å². The molecule has 1 fully saturated rings. The van der Waals surface area contributed by atoms with Gasteiger partial charge >= 0.3 is 6.09 Å². The summed E-state index contributed by atoms with van der Waals surface area (Å²) in [5.41, 5.74) is -0.863. The molecule has 4 N–H and O–H groups in total. The highest BCUT2D eigenvalue weighted by Gasteiger charge is 2.38. The topological polar surface area (TPSA) is 108 Å². The first kappa shape index (κ1) is 14.3. The second-order valence-electron chi connectivity index (χ2n) is 4.87. The number of carboxylic acid groups (broad SMARTS) is 1. The molecule has 0 bridgehead atoms. The molecular weight excluding hydrogens is 238 g/mol. The fourth-order valence-electron chi connectivity index (χ4n) is 1.73. The molecule has 1 aliphatic rings. The van der Waals surface area contributed by atoms with Gasteiger partial charge < -0.3 is 21.1 Å². The zero-order valence-electron chi connectivity index (χ0n) is 10.6. The Morgan fingerprint density at radius 1 is 1.39 bits per heavy atom. The molecule has 1 rings (SSSR count). The Morgan fingerprint density at radius 3 is 2.67 bits per heavy atom. The largest absolute Gasteiger partial charge is 0.465 e. The summed E-state index contributed by atoms with van der Waals surface area (Å²) in [7, 11) is 0. The molecule has 7 nitrogen and oxygen atoms in total. The summed E-state index contributed by atoms with van der Waals surface area (Å²) < 4.78 is 0. The molecule has 102 valence electrons. The number of unbranched alkanes of at least 4 members (excludes halogenated alkanes) is 1. The van der Waals surface area contributed by atoms with Crippen molar-refractivity contribution in [1.82, 2.24) is 16.0 Å². The van der Waals surface area contributed by atoms with E-state index in [1.54, 1.807) is 13.8 Å². The maximum atomic E-state index is 11.7. The summed E-state index contributed by atoms with van der Waals surface area (Å²) in [5, 5.41) is 15.9. The van der Waals surface area contributed by atoms with Crippen LogP contribution in [0.2, 0.25) is 0 Å². The van der Waals surface area contributed by atoms with Gasteiger partial charge in [-0.25, -0.2) is 4.79 Å². The molecule has 0 spiro atoms. The molecule has 0 aliphatic carbocycles. The summed E-state index contributed by atoms with van der Waals surface area (Å²) in [6.07, 6.45) is 0.754. The summed E-state index contributed by atoms with van der Waals surface area (Å²) in [6, 6.07) is -0.518. The lowest BCUT2D eigenvalue weighted by atomic mass is 9.97. The van der Waals surface area contributed by atoms with E-state index in [1.165, 1.54) is 0 Å². The lowest BCUT2D eigenvalue weighted by molar-refractivity contribution is -0.140. The molecule has 1 atom stereocenters. The zero-order valence-corrected chi connectivity index (χ0v) is 10.6. The van der Waals surface area contributed by atoms with Gasteiger partial charge in [-0.3, -0.25) is 9.59 Å². The van der Waals surface area contributed by atoms with Crippen LogP contribution in [-0.4, -0.2) is 41.1 Å². The van der Waals surface area contributed by atoms with Gasteiger partial charge in [0.2, 0.25) is 11.8 Å². The highest BCUT2D eigenvalue weighted by Crippen LogP contribution is 2.12. The summed E-state index contributed by atoms with van der Waals surface area (Å²) in [6.45, 7) is 3.64. The van der Waals surface area contributed by atoms with Crippen molar-refractivity contribution in [3.63, 3.8) is 0 Å². The lowest BCUT2D eigenvalue weighted by Gasteiger charge is -2.34. The van der Waals surface area contributed by atoms with Crippen LogP contribution in [0.5, 0.6) is 0 Å². The first-order valence-corrected chi connectivity index (χ1v) is 5.93. The van der Waals surface area contributed by atoms with E-state index >= 15 is 0 Å². The van der Waals surface area contributed by atoms with E-state index in [9.17, 15) is 14.4 Å². The van der Waals surface area contributed by atoms with Crippen LogP contribution in [0.3, 0.4) is 0 Å². The highest BCUT2D eigenvalue weighted by atomic mass is 16.4. The van der Waals surface area contributed by atoms with E-state index in [2.05, 4.69) is 16.0 Å². The average Bonchev–Trinajstić information content (AvgIpc) is 2.23. The van der Waals surface area contributed by atoms with Gasteiger partial charge in [0.1, 0.15) is 11.6 Å². The van der Waals surface area contributed by atoms with Crippen molar-refractivity contribution < 1.29 is 19.5 Å². The second kappa shape index (κ2) is 5.70. The van der Waals surface area contributed by atoms with Crippen LogP contribution >= 0.6 is 0 Å². The average molecular weight is 257 g/mol. The van der Waals surface area contributed by atoms with Crippen molar-refractivity contribution in [2.24, 2.45) is 0 Å². The van der Waals surface area contributed by atoms with E-state index in [0.29, 0.717) is 25.8 Å². The van der Waals surface area contributed by atoms with Gasteiger partial charge in [0.25, 0.3) is 0 Å². The van der Waals surface area contributed by atoms with Crippen molar-refractivity contribution in [3.05, 3.63) is 0 Å². The third-order valence-corrected chi connectivity index (χ3v) is 2.82. The summed E-state index contributed by atoms with van der Waals surface area (Å²) in [5.74, 6) is -0.387. The number of hydrogen-bond acceptors (Lipinski definition) is 3. The van der Waals surface area contributed by atoms with Crippen molar-refractivity contribution in [3.8, 4) is 0 Å². The molecule has 18 heavy (non-hydrogen) atoms. The van der Waals surface area contributed by atoms with Gasteiger partial charge in [-0.05, 0) is 33.1 Å². The van der Waals surface area contributed by atoms with Crippen molar-refractivity contribution >= 4 is 17.9 Å². The molecule has 0 radical (unpaired) electrons. The standard InChI is InChI=1S/C11H19N3O4/c1-11(2)9(16)13-7(8(15)14-11)5-3-4-6-12-10(17)18/h7,12H,3-6H2,1-2H3,(H,13,16)(H,14,15)(H,17,18). The summed E-state index contributed by atoms with van der Waals surface area (Å²) in [4.78, 5) is 33.5.